The summed E-state index contributed by atoms with van der Waals surface area (Å²) in [7, 11) is 0. The summed E-state index contributed by atoms with van der Waals surface area (Å²) in [6, 6.07) is 0.663. The van der Waals surface area contributed by atoms with Gasteiger partial charge in [0.2, 0.25) is 0 Å². The van der Waals surface area contributed by atoms with Crippen LogP contribution in [0.2, 0.25) is 0 Å². The number of rotatable bonds is 5. The Balaban J connectivity index is 2.30. The third kappa shape index (κ3) is 2.12. The minimum Gasteiger partial charge on any atom is -0.345 e. The number of nitrogens with zero attached hydrogens (tertiary/aromatic N) is 2. The van der Waals surface area contributed by atoms with Gasteiger partial charge in [-0.15, -0.1) is 0 Å². The average Bonchev–Trinajstić information content (AvgIpc) is 2.98. The first-order valence-electron chi connectivity index (χ1n) is 5.89. The van der Waals surface area contributed by atoms with E-state index in [9.17, 15) is 4.79 Å². The lowest BCUT2D eigenvalue weighted by Gasteiger charge is -2.18. The minimum atomic E-state index is 0.322. The Bertz CT molecular complexity index is 382. The largest absolute Gasteiger partial charge is 0.345 e. The molecule has 0 radical (unpaired) electrons. The normalized spacial score (nSPS) is 15.5. The Morgan fingerprint density at radius 3 is 2.62 bits per heavy atom. The number of carbonyl (C=O) groups excluding carboxylic acids is 1. The SMILES string of the molecule is CCN(c1nc(C(C)C)c(C=O)s1)C1CC1. The van der Waals surface area contributed by atoms with E-state index >= 15 is 0 Å². The standard InChI is InChI=1S/C12H18N2OS/c1-4-14(9-5-6-9)12-13-11(8(2)3)10(7-15)16-12/h7-9H,4-6H2,1-3H3. The summed E-state index contributed by atoms with van der Waals surface area (Å²) in [5.41, 5.74) is 0.953. The fourth-order valence-corrected chi connectivity index (χ4v) is 3.06. The molecular formula is C12H18N2OS. The molecule has 88 valence electrons. The van der Waals surface area contributed by atoms with Gasteiger partial charge in [0.25, 0.3) is 0 Å². The second-order valence-electron chi connectivity index (χ2n) is 4.54. The maximum absolute atomic E-state index is 11.0. The van der Waals surface area contributed by atoms with E-state index in [4.69, 9.17) is 0 Å². The van der Waals surface area contributed by atoms with Gasteiger partial charge < -0.3 is 4.90 Å². The van der Waals surface area contributed by atoms with Gasteiger partial charge in [-0.1, -0.05) is 25.2 Å². The van der Waals surface area contributed by atoms with Gasteiger partial charge in [-0.05, 0) is 25.7 Å². The molecule has 3 nitrogen and oxygen atoms in total. The van der Waals surface area contributed by atoms with Crippen molar-refractivity contribution < 1.29 is 4.79 Å². The molecule has 1 aromatic heterocycles. The predicted molar refractivity (Wildman–Crippen MR) is 67.6 cm³/mol. The Morgan fingerprint density at radius 1 is 1.56 bits per heavy atom. The number of aldehydes is 1. The molecule has 2 rings (SSSR count). The molecule has 1 saturated carbocycles. The van der Waals surface area contributed by atoms with Crippen LogP contribution in [0.5, 0.6) is 0 Å². The molecular weight excluding hydrogens is 220 g/mol. The zero-order valence-electron chi connectivity index (χ0n) is 10.1. The van der Waals surface area contributed by atoms with E-state index in [2.05, 4.69) is 30.7 Å². The molecule has 0 saturated heterocycles. The third-order valence-electron chi connectivity index (χ3n) is 2.90. The number of aromatic nitrogens is 1. The van der Waals surface area contributed by atoms with Crippen LogP contribution in [0.3, 0.4) is 0 Å². The molecule has 1 aromatic rings. The highest BCUT2D eigenvalue weighted by Gasteiger charge is 2.30. The van der Waals surface area contributed by atoms with Gasteiger partial charge in [0.15, 0.2) is 11.4 Å². The van der Waals surface area contributed by atoms with Crippen molar-refractivity contribution in [3.63, 3.8) is 0 Å². The zero-order chi connectivity index (χ0) is 11.7. The van der Waals surface area contributed by atoms with Gasteiger partial charge in [-0.25, -0.2) is 4.98 Å². The third-order valence-corrected chi connectivity index (χ3v) is 3.93. The van der Waals surface area contributed by atoms with E-state index in [0.717, 1.165) is 28.5 Å². The quantitative estimate of drug-likeness (QED) is 0.739. The van der Waals surface area contributed by atoms with Crippen molar-refractivity contribution in [3.05, 3.63) is 10.6 Å². The zero-order valence-corrected chi connectivity index (χ0v) is 10.9. The highest BCUT2D eigenvalue weighted by atomic mass is 32.1. The van der Waals surface area contributed by atoms with Crippen LogP contribution in [-0.4, -0.2) is 23.9 Å². The molecule has 1 aliphatic carbocycles. The number of hydrogen-bond donors (Lipinski definition) is 0. The molecule has 0 unspecified atom stereocenters. The molecule has 1 heterocycles. The summed E-state index contributed by atoms with van der Waals surface area (Å²) in [5.74, 6) is 0.322. The van der Waals surface area contributed by atoms with Crippen molar-refractivity contribution in [2.45, 2.75) is 45.6 Å². The van der Waals surface area contributed by atoms with Crippen molar-refractivity contribution in [2.75, 3.05) is 11.4 Å². The van der Waals surface area contributed by atoms with Crippen LogP contribution >= 0.6 is 11.3 Å². The van der Waals surface area contributed by atoms with Crippen LogP contribution in [0, 0.1) is 0 Å². The molecule has 0 atom stereocenters. The van der Waals surface area contributed by atoms with Gasteiger partial charge in [0.1, 0.15) is 0 Å². The van der Waals surface area contributed by atoms with Crippen molar-refractivity contribution >= 4 is 22.8 Å². The fourth-order valence-electron chi connectivity index (χ4n) is 1.89. The second kappa shape index (κ2) is 4.53. The lowest BCUT2D eigenvalue weighted by atomic mass is 10.1. The molecule has 0 aliphatic heterocycles. The molecule has 0 amide bonds. The molecule has 0 spiro atoms. The van der Waals surface area contributed by atoms with Crippen LogP contribution < -0.4 is 4.90 Å². The molecule has 0 aromatic carbocycles. The topological polar surface area (TPSA) is 33.2 Å². The van der Waals surface area contributed by atoms with Gasteiger partial charge >= 0.3 is 0 Å². The van der Waals surface area contributed by atoms with Gasteiger partial charge in [0.05, 0.1) is 10.6 Å². The molecule has 16 heavy (non-hydrogen) atoms. The van der Waals surface area contributed by atoms with E-state index in [1.807, 2.05) is 0 Å². The van der Waals surface area contributed by atoms with E-state index in [1.165, 1.54) is 24.2 Å². The van der Waals surface area contributed by atoms with Crippen LogP contribution in [0.25, 0.3) is 0 Å². The summed E-state index contributed by atoms with van der Waals surface area (Å²) in [6.07, 6.45) is 3.47. The van der Waals surface area contributed by atoms with E-state index in [0.29, 0.717) is 12.0 Å². The van der Waals surface area contributed by atoms with Crippen LogP contribution in [-0.2, 0) is 0 Å². The second-order valence-corrected chi connectivity index (χ2v) is 5.54. The number of thiazole rings is 1. The average molecular weight is 238 g/mol. The number of hydrogen-bond acceptors (Lipinski definition) is 4. The number of carbonyl (C=O) groups is 1. The van der Waals surface area contributed by atoms with Gasteiger partial charge in [0, 0.05) is 12.6 Å². The maximum atomic E-state index is 11.0. The fraction of sp³-hybridized carbons (Fsp3) is 0.667. The Morgan fingerprint density at radius 2 is 2.25 bits per heavy atom. The van der Waals surface area contributed by atoms with Crippen molar-refractivity contribution in [1.82, 2.24) is 4.98 Å². The van der Waals surface area contributed by atoms with Gasteiger partial charge in [-0.2, -0.15) is 0 Å². The van der Waals surface area contributed by atoms with E-state index in [1.54, 1.807) is 0 Å². The molecule has 4 heteroatoms. The Kier molecular flexibility index (Phi) is 3.28. The first kappa shape index (κ1) is 11.6. The molecule has 1 fully saturated rings. The Hall–Kier alpha value is -0.900. The monoisotopic (exact) mass is 238 g/mol. The lowest BCUT2D eigenvalue weighted by Crippen LogP contribution is -2.24. The van der Waals surface area contributed by atoms with Crippen LogP contribution in [0.4, 0.5) is 5.13 Å². The molecule has 0 N–H and O–H groups in total. The predicted octanol–water partition coefficient (Wildman–Crippen LogP) is 3.07. The van der Waals surface area contributed by atoms with Crippen LogP contribution in [0.1, 0.15) is 54.9 Å². The molecule has 0 bridgehead atoms. The smallest absolute Gasteiger partial charge is 0.186 e. The Labute approximate surface area is 100 Å². The highest BCUT2D eigenvalue weighted by Crippen LogP contribution is 2.36. The number of anilines is 1. The van der Waals surface area contributed by atoms with Crippen LogP contribution in [0.15, 0.2) is 0 Å². The van der Waals surface area contributed by atoms with E-state index in [-0.39, 0.29) is 0 Å². The highest BCUT2D eigenvalue weighted by molar-refractivity contribution is 7.17. The van der Waals surface area contributed by atoms with E-state index < -0.39 is 0 Å². The summed E-state index contributed by atoms with van der Waals surface area (Å²) < 4.78 is 0. The summed E-state index contributed by atoms with van der Waals surface area (Å²) in [5, 5.41) is 1.02. The maximum Gasteiger partial charge on any atom is 0.186 e. The minimum absolute atomic E-state index is 0.322. The molecule has 1 aliphatic rings. The lowest BCUT2D eigenvalue weighted by molar-refractivity contribution is 0.112. The summed E-state index contributed by atoms with van der Waals surface area (Å²) in [4.78, 5) is 18.7. The van der Waals surface area contributed by atoms with Gasteiger partial charge in [-0.3, -0.25) is 4.79 Å². The van der Waals surface area contributed by atoms with Crippen molar-refractivity contribution in [2.24, 2.45) is 0 Å². The summed E-state index contributed by atoms with van der Waals surface area (Å²) >= 11 is 1.54. The van der Waals surface area contributed by atoms with Crippen molar-refractivity contribution in [3.8, 4) is 0 Å². The summed E-state index contributed by atoms with van der Waals surface area (Å²) in [6.45, 7) is 7.29. The van der Waals surface area contributed by atoms with Crippen molar-refractivity contribution in [1.29, 1.82) is 0 Å². The first-order valence-corrected chi connectivity index (χ1v) is 6.71. The first-order chi connectivity index (χ1) is 7.67.